The van der Waals surface area contributed by atoms with E-state index in [9.17, 15) is 13.2 Å². The van der Waals surface area contributed by atoms with E-state index in [1.54, 1.807) is 0 Å². The SMILES string of the molecule is CNCCC(Oc1ccc(C(F)(F)F)cc1)C1C=CC(C)=CC1.Cl. The molecule has 1 aromatic rings. The van der Waals surface area contributed by atoms with Crippen LogP contribution in [-0.4, -0.2) is 19.7 Å². The van der Waals surface area contributed by atoms with E-state index in [0.29, 0.717) is 5.75 Å². The molecule has 0 aliphatic heterocycles. The van der Waals surface area contributed by atoms with Gasteiger partial charge in [0.2, 0.25) is 0 Å². The minimum Gasteiger partial charge on any atom is -0.490 e. The third-order valence-corrected chi connectivity index (χ3v) is 3.94. The number of rotatable bonds is 6. The molecule has 134 valence electrons. The first-order chi connectivity index (χ1) is 10.9. The Hall–Kier alpha value is -1.46. The lowest BCUT2D eigenvalue weighted by Gasteiger charge is -2.27. The monoisotopic (exact) mass is 361 g/mol. The second kappa shape index (κ2) is 9.14. The molecule has 2 atom stereocenters. The molecule has 0 radical (unpaired) electrons. The molecular weight excluding hydrogens is 339 g/mol. The molecule has 0 bridgehead atoms. The van der Waals surface area contributed by atoms with E-state index in [-0.39, 0.29) is 24.4 Å². The molecule has 1 N–H and O–H groups in total. The van der Waals surface area contributed by atoms with Gasteiger partial charge in [-0.3, -0.25) is 0 Å². The van der Waals surface area contributed by atoms with Crippen LogP contribution in [0.15, 0.2) is 48.1 Å². The highest BCUT2D eigenvalue weighted by molar-refractivity contribution is 5.85. The minimum atomic E-state index is -4.32. The van der Waals surface area contributed by atoms with Gasteiger partial charge in [0.25, 0.3) is 0 Å². The summed E-state index contributed by atoms with van der Waals surface area (Å²) in [5, 5.41) is 3.09. The number of hydrogen-bond acceptors (Lipinski definition) is 2. The summed E-state index contributed by atoms with van der Waals surface area (Å²) < 4.78 is 43.8. The Morgan fingerprint density at radius 3 is 2.42 bits per heavy atom. The molecule has 2 nitrogen and oxygen atoms in total. The Balaban J connectivity index is 0.00000288. The molecule has 24 heavy (non-hydrogen) atoms. The van der Waals surface area contributed by atoms with Crippen molar-refractivity contribution in [3.63, 3.8) is 0 Å². The van der Waals surface area contributed by atoms with Crippen LogP contribution in [0.3, 0.4) is 0 Å². The van der Waals surface area contributed by atoms with Gasteiger partial charge in [-0.15, -0.1) is 12.4 Å². The van der Waals surface area contributed by atoms with Crippen molar-refractivity contribution in [2.24, 2.45) is 5.92 Å². The summed E-state index contributed by atoms with van der Waals surface area (Å²) in [7, 11) is 1.87. The van der Waals surface area contributed by atoms with Gasteiger partial charge in [-0.1, -0.05) is 23.8 Å². The highest BCUT2D eigenvalue weighted by Crippen LogP contribution is 2.31. The van der Waals surface area contributed by atoms with Crippen LogP contribution >= 0.6 is 12.4 Å². The number of ether oxygens (including phenoxy) is 1. The maximum Gasteiger partial charge on any atom is 0.416 e. The first kappa shape index (κ1) is 20.6. The molecular formula is C18H23ClF3NO. The average molecular weight is 362 g/mol. The van der Waals surface area contributed by atoms with Crippen LogP contribution in [-0.2, 0) is 6.18 Å². The van der Waals surface area contributed by atoms with Gasteiger partial charge >= 0.3 is 6.18 Å². The van der Waals surface area contributed by atoms with Crippen LogP contribution in [0.2, 0.25) is 0 Å². The fraction of sp³-hybridized carbons (Fsp3) is 0.444. The summed E-state index contributed by atoms with van der Waals surface area (Å²) in [6, 6.07) is 4.90. The first-order valence-corrected chi connectivity index (χ1v) is 7.73. The molecule has 0 spiro atoms. The molecule has 0 aromatic heterocycles. The number of benzene rings is 1. The number of halogens is 4. The molecule has 6 heteroatoms. The van der Waals surface area contributed by atoms with Gasteiger partial charge in [0.15, 0.2) is 0 Å². The first-order valence-electron chi connectivity index (χ1n) is 7.73. The van der Waals surface area contributed by atoms with Crippen molar-refractivity contribution in [2.45, 2.75) is 32.0 Å². The Bertz CT molecular complexity index is 567. The van der Waals surface area contributed by atoms with Crippen molar-refractivity contribution >= 4 is 12.4 Å². The fourth-order valence-electron chi connectivity index (χ4n) is 2.56. The lowest BCUT2D eigenvalue weighted by molar-refractivity contribution is -0.137. The maximum atomic E-state index is 12.6. The molecule has 1 aliphatic carbocycles. The van der Waals surface area contributed by atoms with E-state index >= 15 is 0 Å². The van der Waals surface area contributed by atoms with Crippen LogP contribution in [0.25, 0.3) is 0 Å². The van der Waals surface area contributed by atoms with Gasteiger partial charge < -0.3 is 10.1 Å². The molecule has 0 amide bonds. The smallest absolute Gasteiger partial charge is 0.416 e. The van der Waals surface area contributed by atoms with Gasteiger partial charge in [-0.2, -0.15) is 13.2 Å². The largest absolute Gasteiger partial charge is 0.490 e. The maximum absolute atomic E-state index is 12.6. The minimum absolute atomic E-state index is 0. The van der Waals surface area contributed by atoms with Crippen molar-refractivity contribution in [3.8, 4) is 5.75 Å². The summed E-state index contributed by atoms with van der Waals surface area (Å²) in [4.78, 5) is 0. The molecule has 2 rings (SSSR count). The Labute approximate surface area is 147 Å². The van der Waals surface area contributed by atoms with Crippen molar-refractivity contribution < 1.29 is 17.9 Å². The van der Waals surface area contributed by atoms with Crippen molar-refractivity contribution in [1.82, 2.24) is 5.32 Å². The van der Waals surface area contributed by atoms with E-state index in [1.165, 1.54) is 17.7 Å². The molecule has 0 fully saturated rings. The molecule has 1 aromatic carbocycles. The molecule has 0 heterocycles. The molecule has 0 saturated carbocycles. The second-order valence-corrected chi connectivity index (χ2v) is 5.78. The second-order valence-electron chi connectivity index (χ2n) is 5.78. The van der Waals surface area contributed by atoms with E-state index in [0.717, 1.165) is 31.5 Å². The van der Waals surface area contributed by atoms with Crippen molar-refractivity contribution in [2.75, 3.05) is 13.6 Å². The van der Waals surface area contributed by atoms with Crippen LogP contribution in [0, 0.1) is 5.92 Å². The predicted molar refractivity (Wildman–Crippen MR) is 92.7 cm³/mol. The van der Waals surface area contributed by atoms with Crippen molar-refractivity contribution in [1.29, 1.82) is 0 Å². The van der Waals surface area contributed by atoms with Crippen LogP contribution < -0.4 is 10.1 Å². The van der Waals surface area contributed by atoms with Crippen LogP contribution in [0.5, 0.6) is 5.75 Å². The summed E-state index contributed by atoms with van der Waals surface area (Å²) >= 11 is 0. The highest BCUT2D eigenvalue weighted by Gasteiger charge is 2.30. The number of allylic oxidation sites excluding steroid dienone is 3. The summed E-state index contributed by atoms with van der Waals surface area (Å²) in [6.07, 6.45) is 3.64. The lowest BCUT2D eigenvalue weighted by Crippen LogP contribution is -2.30. The molecule has 2 unspecified atom stereocenters. The molecule has 0 saturated heterocycles. The quantitative estimate of drug-likeness (QED) is 0.769. The zero-order chi connectivity index (χ0) is 16.9. The van der Waals surface area contributed by atoms with Gasteiger partial charge in [0.1, 0.15) is 11.9 Å². The van der Waals surface area contributed by atoms with E-state index in [4.69, 9.17) is 4.74 Å². The van der Waals surface area contributed by atoms with Gasteiger partial charge in [-0.25, -0.2) is 0 Å². The van der Waals surface area contributed by atoms with E-state index in [1.807, 2.05) is 14.0 Å². The third kappa shape index (κ3) is 5.87. The Morgan fingerprint density at radius 2 is 1.92 bits per heavy atom. The van der Waals surface area contributed by atoms with Gasteiger partial charge in [0, 0.05) is 5.92 Å². The number of hydrogen-bond donors (Lipinski definition) is 1. The summed E-state index contributed by atoms with van der Waals surface area (Å²) in [6.45, 7) is 2.84. The summed E-state index contributed by atoms with van der Waals surface area (Å²) in [5.41, 5.74) is 0.566. The predicted octanol–water partition coefficient (Wildman–Crippen LogP) is 5.01. The van der Waals surface area contributed by atoms with Gasteiger partial charge in [0.05, 0.1) is 5.56 Å². The average Bonchev–Trinajstić information content (AvgIpc) is 2.52. The van der Waals surface area contributed by atoms with E-state index < -0.39 is 11.7 Å². The normalized spacial score (nSPS) is 18.5. The van der Waals surface area contributed by atoms with Crippen LogP contribution in [0.1, 0.15) is 25.3 Å². The zero-order valence-electron chi connectivity index (χ0n) is 13.8. The highest BCUT2D eigenvalue weighted by atomic mass is 35.5. The lowest BCUT2D eigenvalue weighted by atomic mass is 9.90. The van der Waals surface area contributed by atoms with E-state index in [2.05, 4.69) is 23.5 Å². The summed E-state index contributed by atoms with van der Waals surface area (Å²) in [5.74, 6) is 0.702. The number of nitrogens with one attached hydrogen (secondary N) is 1. The standard InChI is InChI=1S/C18H22F3NO.ClH/c1-13-3-5-14(6-4-13)17(11-12-22-2)23-16-9-7-15(8-10-16)18(19,20)21;/h3-5,7-10,14,17,22H,6,11-12H2,1-2H3;1H. The fourth-order valence-corrected chi connectivity index (χ4v) is 2.56. The van der Waals surface area contributed by atoms with Crippen molar-refractivity contribution in [3.05, 3.63) is 53.6 Å². The topological polar surface area (TPSA) is 21.3 Å². The number of alkyl halides is 3. The Kier molecular flexibility index (Phi) is 7.84. The Morgan fingerprint density at radius 1 is 1.25 bits per heavy atom. The third-order valence-electron chi connectivity index (χ3n) is 3.94. The molecule has 1 aliphatic rings. The zero-order valence-corrected chi connectivity index (χ0v) is 14.6. The van der Waals surface area contributed by atoms with Gasteiger partial charge in [-0.05, 0) is 57.6 Å². The van der Waals surface area contributed by atoms with Crippen LogP contribution in [0.4, 0.5) is 13.2 Å².